The van der Waals surface area contributed by atoms with Crippen molar-refractivity contribution in [2.24, 2.45) is 11.8 Å². The van der Waals surface area contributed by atoms with Gasteiger partial charge in [-0.3, -0.25) is 0 Å². The van der Waals surface area contributed by atoms with Gasteiger partial charge in [0.2, 0.25) is 0 Å². The normalized spacial score (nSPS) is 27.3. The second kappa shape index (κ2) is 6.76. The van der Waals surface area contributed by atoms with Crippen molar-refractivity contribution in [3.05, 3.63) is 28.2 Å². The summed E-state index contributed by atoms with van der Waals surface area (Å²) in [6.07, 6.45) is 4.15. The van der Waals surface area contributed by atoms with Crippen molar-refractivity contribution in [3.63, 3.8) is 0 Å². The van der Waals surface area contributed by atoms with Gasteiger partial charge in [-0.1, -0.05) is 19.9 Å². The second-order valence-corrected chi connectivity index (χ2v) is 6.67. The Morgan fingerprint density at radius 3 is 2.42 bits per heavy atom. The molecule has 3 heteroatoms. The zero-order valence-corrected chi connectivity index (χ0v) is 13.6. The van der Waals surface area contributed by atoms with Crippen LogP contribution in [0.4, 0.5) is 0 Å². The van der Waals surface area contributed by atoms with E-state index in [2.05, 4.69) is 41.9 Å². The molecule has 2 rings (SSSR count). The van der Waals surface area contributed by atoms with Crippen LogP contribution in [0.3, 0.4) is 0 Å². The molecule has 0 spiro atoms. The summed E-state index contributed by atoms with van der Waals surface area (Å²) in [5, 5.41) is 0. The quantitative estimate of drug-likeness (QED) is 0.791. The predicted octanol–water partition coefficient (Wildman–Crippen LogP) is 4.80. The third kappa shape index (κ3) is 4.22. The lowest BCUT2D eigenvalue weighted by atomic mass is 9.82. The number of ether oxygens (including phenoxy) is 2. The minimum atomic E-state index is 0.416. The Morgan fingerprint density at radius 1 is 1.16 bits per heavy atom. The topological polar surface area (TPSA) is 18.5 Å². The Morgan fingerprint density at radius 2 is 1.84 bits per heavy atom. The smallest absolute Gasteiger partial charge is 0.133 e. The molecule has 1 aromatic carbocycles. The van der Waals surface area contributed by atoms with Gasteiger partial charge in [-0.05, 0) is 64.7 Å². The van der Waals surface area contributed by atoms with Gasteiger partial charge in [0.1, 0.15) is 5.75 Å². The summed E-state index contributed by atoms with van der Waals surface area (Å²) in [4.78, 5) is 0. The highest BCUT2D eigenvalue weighted by Gasteiger charge is 2.24. The molecule has 19 heavy (non-hydrogen) atoms. The lowest BCUT2D eigenvalue weighted by molar-refractivity contribution is -0.00918. The van der Waals surface area contributed by atoms with E-state index in [-0.39, 0.29) is 0 Å². The van der Waals surface area contributed by atoms with E-state index in [1.54, 1.807) is 7.11 Å². The summed E-state index contributed by atoms with van der Waals surface area (Å²) in [7, 11) is 1.68. The fraction of sp³-hybridized carbons (Fsp3) is 0.625. The number of rotatable bonds is 4. The molecule has 2 unspecified atom stereocenters. The van der Waals surface area contributed by atoms with E-state index in [4.69, 9.17) is 9.47 Å². The van der Waals surface area contributed by atoms with Crippen LogP contribution in [-0.4, -0.2) is 13.2 Å². The SMILES string of the molecule is COc1ccc(COC2CC(C)CC(C)C2)cc1Br. The molecular formula is C16H23BrO2. The summed E-state index contributed by atoms with van der Waals surface area (Å²) < 4.78 is 12.3. The number of methoxy groups -OCH3 is 1. The van der Waals surface area contributed by atoms with Gasteiger partial charge in [0, 0.05) is 0 Å². The molecule has 1 fully saturated rings. The van der Waals surface area contributed by atoms with Crippen LogP contribution in [0.25, 0.3) is 0 Å². The van der Waals surface area contributed by atoms with E-state index < -0.39 is 0 Å². The van der Waals surface area contributed by atoms with E-state index >= 15 is 0 Å². The average molecular weight is 327 g/mol. The zero-order chi connectivity index (χ0) is 13.8. The van der Waals surface area contributed by atoms with Crippen LogP contribution in [0.2, 0.25) is 0 Å². The summed E-state index contributed by atoms with van der Waals surface area (Å²) in [6, 6.07) is 6.13. The number of hydrogen-bond donors (Lipinski definition) is 0. The molecule has 2 atom stereocenters. The van der Waals surface area contributed by atoms with Gasteiger partial charge in [-0.25, -0.2) is 0 Å². The largest absolute Gasteiger partial charge is 0.496 e. The van der Waals surface area contributed by atoms with Crippen molar-refractivity contribution in [3.8, 4) is 5.75 Å². The average Bonchev–Trinajstić information content (AvgIpc) is 2.35. The highest BCUT2D eigenvalue weighted by atomic mass is 79.9. The molecule has 1 aromatic rings. The van der Waals surface area contributed by atoms with Crippen LogP contribution < -0.4 is 4.74 Å². The van der Waals surface area contributed by atoms with Gasteiger partial charge >= 0.3 is 0 Å². The molecule has 1 aliphatic carbocycles. The maximum Gasteiger partial charge on any atom is 0.133 e. The van der Waals surface area contributed by atoms with E-state index in [9.17, 15) is 0 Å². The summed E-state index contributed by atoms with van der Waals surface area (Å²) in [6.45, 7) is 5.35. The van der Waals surface area contributed by atoms with Gasteiger partial charge in [0.15, 0.2) is 0 Å². The zero-order valence-electron chi connectivity index (χ0n) is 12.0. The van der Waals surface area contributed by atoms with Crippen LogP contribution in [0.5, 0.6) is 5.75 Å². The fourth-order valence-electron chi connectivity index (χ4n) is 3.02. The molecule has 0 N–H and O–H groups in total. The first-order valence-electron chi connectivity index (χ1n) is 7.02. The van der Waals surface area contributed by atoms with Crippen molar-refractivity contribution in [2.45, 2.75) is 45.8 Å². The maximum absolute atomic E-state index is 6.08. The molecule has 2 nitrogen and oxygen atoms in total. The number of benzene rings is 1. The fourth-order valence-corrected chi connectivity index (χ4v) is 3.61. The van der Waals surface area contributed by atoms with Crippen molar-refractivity contribution in [1.29, 1.82) is 0 Å². The lowest BCUT2D eigenvalue weighted by Crippen LogP contribution is -2.26. The van der Waals surface area contributed by atoms with Crippen LogP contribution in [0.15, 0.2) is 22.7 Å². The molecule has 1 aliphatic rings. The molecule has 0 amide bonds. The maximum atomic E-state index is 6.08. The van der Waals surface area contributed by atoms with Gasteiger partial charge < -0.3 is 9.47 Å². The molecule has 0 bridgehead atoms. The molecule has 0 radical (unpaired) electrons. The van der Waals surface area contributed by atoms with Crippen molar-refractivity contribution in [1.82, 2.24) is 0 Å². The first-order valence-corrected chi connectivity index (χ1v) is 7.81. The minimum Gasteiger partial charge on any atom is -0.496 e. The molecule has 1 saturated carbocycles. The van der Waals surface area contributed by atoms with Crippen molar-refractivity contribution < 1.29 is 9.47 Å². The number of halogens is 1. The summed E-state index contributed by atoms with van der Waals surface area (Å²) in [5.74, 6) is 2.44. The van der Waals surface area contributed by atoms with Crippen molar-refractivity contribution in [2.75, 3.05) is 7.11 Å². The standard InChI is InChI=1S/C16H23BrO2/c1-11-6-12(2)8-14(7-11)19-10-13-4-5-16(18-3)15(17)9-13/h4-5,9,11-12,14H,6-8,10H2,1-3H3. The van der Waals surface area contributed by atoms with Crippen molar-refractivity contribution >= 4 is 15.9 Å². The van der Waals surface area contributed by atoms with Gasteiger partial charge in [-0.2, -0.15) is 0 Å². The van der Waals surface area contributed by atoms with E-state index in [0.29, 0.717) is 12.7 Å². The molecule has 0 saturated heterocycles. The summed E-state index contributed by atoms with van der Waals surface area (Å²) >= 11 is 3.51. The molecule has 0 aromatic heterocycles. The molecular weight excluding hydrogens is 304 g/mol. The summed E-state index contributed by atoms with van der Waals surface area (Å²) in [5.41, 5.74) is 1.19. The molecule has 106 valence electrons. The highest BCUT2D eigenvalue weighted by molar-refractivity contribution is 9.10. The molecule has 0 heterocycles. The Bertz CT molecular complexity index is 409. The monoisotopic (exact) mass is 326 g/mol. The van der Waals surface area contributed by atoms with Gasteiger partial charge in [0.05, 0.1) is 24.3 Å². The number of hydrogen-bond acceptors (Lipinski definition) is 2. The third-order valence-corrected chi connectivity index (χ3v) is 4.46. The minimum absolute atomic E-state index is 0.416. The van der Waals surface area contributed by atoms with Crippen LogP contribution in [-0.2, 0) is 11.3 Å². The molecule has 0 aliphatic heterocycles. The van der Waals surface area contributed by atoms with Gasteiger partial charge in [0.25, 0.3) is 0 Å². The predicted molar refractivity (Wildman–Crippen MR) is 81.5 cm³/mol. The van der Waals surface area contributed by atoms with Crippen LogP contribution in [0, 0.1) is 11.8 Å². The highest BCUT2D eigenvalue weighted by Crippen LogP contribution is 2.31. The first-order chi connectivity index (χ1) is 9.08. The van der Waals surface area contributed by atoms with E-state index in [1.807, 2.05) is 6.07 Å². The Balaban J connectivity index is 1.89. The first kappa shape index (κ1) is 14.9. The Labute approximate surface area is 124 Å². The van der Waals surface area contributed by atoms with E-state index in [0.717, 1.165) is 22.1 Å². The second-order valence-electron chi connectivity index (χ2n) is 5.82. The Hall–Kier alpha value is -0.540. The van der Waals surface area contributed by atoms with E-state index in [1.165, 1.54) is 24.8 Å². The Kier molecular flexibility index (Phi) is 5.28. The van der Waals surface area contributed by atoms with Crippen LogP contribution in [0.1, 0.15) is 38.7 Å². The van der Waals surface area contributed by atoms with Crippen LogP contribution >= 0.6 is 15.9 Å². The third-order valence-electron chi connectivity index (χ3n) is 3.84. The lowest BCUT2D eigenvalue weighted by Gasteiger charge is -2.31. The van der Waals surface area contributed by atoms with Gasteiger partial charge in [-0.15, -0.1) is 0 Å².